The molecule has 0 amide bonds. The molecule has 2 atom stereocenters. The van der Waals surface area contributed by atoms with E-state index < -0.39 is 23.7 Å². The van der Waals surface area contributed by atoms with Gasteiger partial charge in [0.15, 0.2) is 11.6 Å². The van der Waals surface area contributed by atoms with E-state index in [-0.39, 0.29) is 6.54 Å². The van der Waals surface area contributed by atoms with Crippen molar-refractivity contribution >= 4 is 12.3 Å². The molecule has 0 fully saturated rings. The second kappa shape index (κ2) is 5.38. The Balaban J connectivity index is 2.31. The Morgan fingerprint density at radius 3 is 2.52 bits per heavy atom. The summed E-state index contributed by atoms with van der Waals surface area (Å²) < 4.78 is 44.6. The van der Waals surface area contributed by atoms with E-state index in [1.807, 2.05) is 0 Å². The number of methoxy groups -OCH3 is 1. The van der Waals surface area contributed by atoms with Crippen LogP contribution in [0, 0.1) is 0 Å². The van der Waals surface area contributed by atoms with Crippen LogP contribution in [0.1, 0.15) is 12.5 Å². The molecule has 2 unspecified atom stereocenters. The molecule has 1 aromatic carbocycles. The van der Waals surface area contributed by atoms with Crippen molar-refractivity contribution in [3.05, 3.63) is 35.9 Å². The molecule has 0 spiro atoms. The summed E-state index contributed by atoms with van der Waals surface area (Å²) in [6.07, 6.45) is -3.53. The normalized spacial score (nSPS) is 25.2. The zero-order chi connectivity index (χ0) is 15.7. The van der Waals surface area contributed by atoms with E-state index >= 15 is 0 Å². The highest BCUT2D eigenvalue weighted by atomic mass is 19.4. The van der Waals surface area contributed by atoms with Crippen LogP contribution in [-0.2, 0) is 16.1 Å². The fourth-order valence-corrected chi connectivity index (χ4v) is 2.46. The predicted octanol–water partition coefficient (Wildman–Crippen LogP) is 2.39. The molecule has 1 aromatic rings. The number of ether oxygens (including phenoxy) is 1. The lowest BCUT2D eigenvalue weighted by Crippen LogP contribution is -2.57. The van der Waals surface area contributed by atoms with E-state index in [9.17, 15) is 18.0 Å². The number of aliphatic imine (C=N–C) groups is 1. The summed E-state index contributed by atoms with van der Waals surface area (Å²) in [7, 11) is 1.05. The zero-order valence-electron chi connectivity index (χ0n) is 11.6. The van der Waals surface area contributed by atoms with Gasteiger partial charge in [0.05, 0.1) is 13.4 Å². The van der Waals surface area contributed by atoms with Gasteiger partial charge in [-0.15, -0.1) is 0 Å². The van der Waals surface area contributed by atoms with Crippen LogP contribution < -0.4 is 0 Å². The van der Waals surface area contributed by atoms with Crippen molar-refractivity contribution in [2.45, 2.75) is 31.2 Å². The molecule has 0 saturated heterocycles. The Morgan fingerprint density at radius 2 is 2.00 bits per heavy atom. The van der Waals surface area contributed by atoms with Crippen LogP contribution in [0.2, 0.25) is 0 Å². The average molecular weight is 300 g/mol. The first-order chi connectivity index (χ1) is 9.79. The number of carbonyl (C=O) groups excluding carboxylic acids is 1. The third kappa shape index (κ3) is 2.86. The van der Waals surface area contributed by atoms with E-state index in [1.54, 1.807) is 30.3 Å². The molecule has 1 aliphatic rings. The Kier molecular flexibility index (Phi) is 3.93. The van der Waals surface area contributed by atoms with Crippen molar-refractivity contribution in [2.75, 3.05) is 7.11 Å². The number of halogens is 3. The standard InChI is InChI=1S/C14H15F3N2O2/c1-13(12(20)21-2)11(14(15,16)17)19(9-18-13)8-10-6-4-3-5-7-10/h3-7,9,11H,8H2,1-2H3. The maximum Gasteiger partial charge on any atom is 0.411 e. The lowest BCUT2D eigenvalue weighted by atomic mass is 9.92. The van der Waals surface area contributed by atoms with Crippen LogP contribution in [0.3, 0.4) is 0 Å². The second-order valence-electron chi connectivity index (χ2n) is 4.99. The fraction of sp³-hybridized carbons (Fsp3) is 0.429. The first-order valence-corrected chi connectivity index (χ1v) is 6.29. The van der Waals surface area contributed by atoms with Crippen LogP contribution in [-0.4, -0.2) is 42.1 Å². The van der Waals surface area contributed by atoms with Crippen molar-refractivity contribution in [3.8, 4) is 0 Å². The Morgan fingerprint density at radius 1 is 1.38 bits per heavy atom. The summed E-state index contributed by atoms with van der Waals surface area (Å²) in [5.74, 6) is -1.00. The molecule has 4 nitrogen and oxygen atoms in total. The highest BCUT2D eigenvalue weighted by Gasteiger charge is 2.61. The maximum absolute atomic E-state index is 13.4. The molecule has 0 saturated carbocycles. The van der Waals surface area contributed by atoms with Crippen LogP contribution >= 0.6 is 0 Å². The third-order valence-electron chi connectivity index (χ3n) is 3.46. The molecular weight excluding hydrogens is 285 g/mol. The van der Waals surface area contributed by atoms with Gasteiger partial charge in [-0.25, -0.2) is 4.79 Å². The summed E-state index contributed by atoms with van der Waals surface area (Å²) in [6.45, 7) is 1.15. The fourth-order valence-electron chi connectivity index (χ4n) is 2.46. The van der Waals surface area contributed by atoms with Gasteiger partial charge in [0.1, 0.15) is 0 Å². The van der Waals surface area contributed by atoms with Gasteiger partial charge in [-0.05, 0) is 12.5 Å². The minimum absolute atomic E-state index is 0.0150. The van der Waals surface area contributed by atoms with Gasteiger partial charge in [-0.1, -0.05) is 30.3 Å². The zero-order valence-corrected chi connectivity index (χ0v) is 11.6. The molecule has 1 heterocycles. The second-order valence-corrected chi connectivity index (χ2v) is 4.99. The number of benzene rings is 1. The molecule has 2 rings (SSSR count). The van der Waals surface area contributed by atoms with E-state index in [0.29, 0.717) is 5.56 Å². The lowest BCUT2D eigenvalue weighted by Gasteiger charge is -2.34. The van der Waals surface area contributed by atoms with Gasteiger partial charge in [0.2, 0.25) is 0 Å². The summed E-state index contributed by atoms with van der Waals surface area (Å²) in [6, 6.07) is 6.65. The van der Waals surface area contributed by atoms with Gasteiger partial charge >= 0.3 is 12.1 Å². The number of esters is 1. The third-order valence-corrected chi connectivity index (χ3v) is 3.46. The number of hydrogen-bond acceptors (Lipinski definition) is 4. The highest BCUT2D eigenvalue weighted by Crippen LogP contribution is 2.39. The molecule has 114 valence electrons. The molecule has 0 bridgehead atoms. The van der Waals surface area contributed by atoms with Crippen molar-refractivity contribution in [1.82, 2.24) is 4.90 Å². The molecule has 1 aliphatic heterocycles. The number of rotatable bonds is 3. The molecule has 0 aliphatic carbocycles. The van der Waals surface area contributed by atoms with E-state index in [4.69, 9.17) is 0 Å². The number of carbonyl (C=O) groups is 1. The van der Waals surface area contributed by atoms with Crippen LogP contribution in [0.4, 0.5) is 13.2 Å². The average Bonchev–Trinajstić information content (AvgIpc) is 2.77. The number of nitrogens with zero attached hydrogens (tertiary/aromatic N) is 2. The lowest BCUT2D eigenvalue weighted by molar-refractivity contribution is -0.193. The van der Waals surface area contributed by atoms with Gasteiger partial charge in [0, 0.05) is 6.54 Å². The van der Waals surface area contributed by atoms with Crippen LogP contribution in [0.15, 0.2) is 35.3 Å². The Bertz CT molecular complexity index is 545. The van der Waals surface area contributed by atoms with Gasteiger partial charge in [0.25, 0.3) is 0 Å². The van der Waals surface area contributed by atoms with Crippen molar-refractivity contribution in [3.63, 3.8) is 0 Å². The summed E-state index contributed by atoms with van der Waals surface area (Å²) >= 11 is 0. The topological polar surface area (TPSA) is 41.9 Å². The van der Waals surface area contributed by atoms with Crippen molar-refractivity contribution < 1.29 is 22.7 Å². The van der Waals surface area contributed by atoms with E-state index in [1.165, 1.54) is 0 Å². The van der Waals surface area contributed by atoms with Gasteiger partial charge in [-0.2, -0.15) is 13.2 Å². The SMILES string of the molecule is COC(=O)C1(C)N=CN(Cc2ccccc2)C1C(F)(F)F. The first kappa shape index (κ1) is 15.3. The summed E-state index contributed by atoms with van der Waals surface area (Å²) in [5, 5.41) is 0. The van der Waals surface area contributed by atoms with Gasteiger partial charge < -0.3 is 9.64 Å². The maximum atomic E-state index is 13.4. The number of hydrogen-bond donors (Lipinski definition) is 0. The minimum Gasteiger partial charge on any atom is -0.467 e. The monoisotopic (exact) mass is 300 g/mol. The van der Waals surface area contributed by atoms with Crippen molar-refractivity contribution in [2.24, 2.45) is 4.99 Å². The molecule has 0 aromatic heterocycles. The first-order valence-electron chi connectivity index (χ1n) is 6.29. The largest absolute Gasteiger partial charge is 0.467 e. The minimum atomic E-state index is -4.60. The van der Waals surface area contributed by atoms with Crippen molar-refractivity contribution in [1.29, 1.82) is 0 Å². The summed E-state index contributed by atoms with van der Waals surface area (Å²) in [5.41, 5.74) is -1.28. The highest BCUT2D eigenvalue weighted by molar-refractivity contribution is 5.86. The quantitative estimate of drug-likeness (QED) is 0.805. The van der Waals surface area contributed by atoms with E-state index in [0.717, 1.165) is 25.3 Å². The smallest absolute Gasteiger partial charge is 0.411 e. The molecule has 21 heavy (non-hydrogen) atoms. The van der Waals surface area contributed by atoms with E-state index in [2.05, 4.69) is 9.73 Å². The molecule has 0 radical (unpaired) electrons. The van der Waals surface area contributed by atoms with Crippen LogP contribution in [0.25, 0.3) is 0 Å². The molecular formula is C14H15F3N2O2. The molecule has 0 N–H and O–H groups in total. The van der Waals surface area contributed by atoms with Gasteiger partial charge in [-0.3, -0.25) is 4.99 Å². The Labute approximate surface area is 120 Å². The van der Waals surface area contributed by atoms with Crippen LogP contribution in [0.5, 0.6) is 0 Å². The number of alkyl halides is 3. The molecule has 7 heteroatoms. The predicted molar refractivity (Wildman–Crippen MR) is 70.7 cm³/mol. The Hall–Kier alpha value is -2.05. The summed E-state index contributed by atoms with van der Waals surface area (Å²) in [4.78, 5) is 16.5.